The molecule has 180 valence electrons. The van der Waals surface area contributed by atoms with Crippen LogP contribution in [0.25, 0.3) is 11.5 Å². The lowest BCUT2D eigenvalue weighted by molar-refractivity contribution is 0.180. The van der Waals surface area contributed by atoms with E-state index >= 15 is 0 Å². The summed E-state index contributed by atoms with van der Waals surface area (Å²) < 4.78 is 4.21. The van der Waals surface area contributed by atoms with Crippen molar-refractivity contribution in [2.24, 2.45) is 5.92 Å². The number of nitrogens with one attached hydrogen (secondary N) is 1. The first-order chi connectivity index (χ1) is 16.9. The molecule has 1 N–H and O–H groups in total. The van der Waals surface area contributed by atoms with Crippen molar-refractivity contribution in [1.82, 2.24) is 24.6 Å². The average Bonchev–Trinajstić information content (AvgIpc) is 3.40. The van der Waals surface area contributed by atoms with Crippen molar-refractivity contribution in [3.8, 4) is 11.5 Å². The third-order valence-electron chi connectivity index (χ3n) is 6.70. The number of hydrogen-bond donors (Lipinski definition) is 1. The van der Waals surface area contributed by atoms with E-state index in [0.29, 0.717) is 19.0 Å². The number of benzene rings is 2. The number of urea groups is 1. The van der Waals surface area contributed by atoms with Gasteiger partial charge in [0, 0.05) is 18.3 Å². The second-order valence-corrected chi connectivity index (χ2v) is 9.80. The predicted molar refractivity (Wildman–Crippen MR) is 139 cm³/mol. The van der Waals surface area contributed by atoms with Crippen LogP contribution in [0.1, 0.15) is 54.4 Å². The van der Waals surface area contributed by atoms with Gasteiger partial charge in [0.15, 0.2) is 0 Å². The molecule has 35 heavy (non-hydrogen) atoms. The number of aryl methyl sites for hydroxylation is 2. The molecule has 0 aliphatic carbocycles. The molecule has 0 unspecified atom stereocenters. The van der Waals surface area contributed by atoms with Gasteiger partial charge >= 0.3 is 6.03 Å². The zero-order valence-corrected chi connectivity index (χ0v) is 20.9. The number of aromatic nitrogens is 3. The Morgan fingerprint density at radius 1 is 1.06 bits per heavy atom. The number of carbonyl (C=O) groups excluding carboxylic acids is 1. The van der Waals surface area contributed by atoms with Gasteiger partial charge in [0.05, 0.1) is 29.7 Å². The summed E-state index contributed by atoms with van der Waals surface area (Å²) in [7, 11) is 0. The average molecular weight is 468 g/mol. The van der Waals surface area contributed by atoms with Crippen LogP contribution in [0.3, 0.4) is 0 Å². The Labute approximate surface area is 207 Å². The predicted octanol–water partition coefficient (Wildman–Crippen LogP) is 5.94. The fourth-order valence-corrected chi connectivity index (χ4v) is 4.91. The zero-order chi connectivity index (χ0) is 24.5. The summed E-state index contributed by atoms with van der Waals surface area (Å²) in [6.07, 6.45) is 3.03. The van der Waals surface area contributed by atoms with Gasteiger partial charge in [-0.2, -0.15) is 5.10 Å². The van der Waals surface area contributed by atoms with Crippen molar-refractivity contribution in [2.45, 2.75) is 46.7 Å². The molecule has 6 nitrogen and oxygen atoms in total. The van der Waals surface area contributed by atoms with Crippen LogP contribution in [0.5, 0.6) is 0 Å². The third-order valence-corrected chi connectivity index (χ3v) is 6.70. The smallest absolute Gasteiger partial charge is 0.318 e. The highest BCUT2D eigenvalue weighted by Crippen LogP contribution is 2.38. The maximum Gasteiger partial charge on any atom is 0.318 e. The molecule has 0 radical (unpaired) electrons. The number of hydrogen-bond acceptors (Lipinski definition) is 2. The van der Waals surface area contributed by atoms with Crippen LogP contribution < -0.4 is 5.32 Å². The minimum Gasteiger partial charge on any atom is -0.338 e. The molecule has 2 aromatic heterocycles. The van der Waals surface area contributed by atoms with E-state index in [1.54, 1.807) is 0 Å². The van der Waals surface area contributed by atoms with Crippen LogP contribution in [0.2, 0.25) is 0 Å². The largest absolute Gasteiger partial charge is 0.338 e. The maximum atomic E-state index is 13.7. The Balaban J connectivity index is 1.67. The third kappa shape index (κ3) is 4.36. The van der Waals surface area contributed by atoms with Gasteiger partial charge in [0.2, 0.25) is 0 Å². The molecule has 0 spiro atoms. The molecule has 6 heteroatoms. The summed E-state index contributed by atoms with van der Waals surface area (Å²) in [5.41, 5.74) is 6.30. The van der Waals surface area contributed by atoms with E-state index in [2.05, 4.69) is 85.4 Å². The highest BCUT2D eigenvalue weighted by atomic mass is 16.2. The molecule has 0 fully saturated rings. The number of fused-ring (bicyclic) bond motifs is 3. The summed E-state index contributed by atoms with van der Waals surface area (Å²) in [6, 6.07) is 22.6. The molecular formula is C29H33N5O. The lowest BCUT2D eigenvalue weighted by Crippen LogP contribution is -2.42. The Bertz CT molecular complexity index is 1330. The molecule has 4 aromatic rings. The first-order valence-corrected chi connectivity index (χ1v) is 12.4. The van der Waals surface area contributed by atoms with Crippen molar-refractivity contribution in [1.29, 1.82) is 0 Å². The molecule has 1 atom stereocenters. The maximum absolute atomic E-state index is 13.7. The molecule has 1 aliphatic rings. The summed E-state index contributed by atoms with van der Waals surface area (Å²) in [4.78, 5) is 15.7. The van der Waals surface area contributed by atoms with Gasteiger partial charge in [-0.25, -0.2) is 9.48 Å². The van der Waals surface area contributed by atoms with Gasteiger partial charge in [-0.15, -0.1) is 0 Å². The van der Waals surface area contributed by atoms with Crippen LogP contribution in [-0.4, -0.2) is 31.8 Å². The first-order valence-electron chi connectivity index (χ1n) is 12.4. The van der Waals surface area contributed by atoms with E-state index < -0.39 is 0 Å². The van der Waals surface area contributed by atoms with E-state index in [9.17, 15) is 4.79 Å². The van der Waals surface area contributed by atoms with E-state index in [1.807, 2.05) is 34.7 Å². The van der Waals surface area contributed by atoms with Crippen molar-refractivity contribution in [3.63, 3.8) is 0 Å². The molecule has 0 saturated carbocycles. The van der Waals surface area contributed by atoms with Gasteiger partial charge in [-0.1, -0.05) is 61.9 Å². The number of nitrogens with zero attached hydrogens (tertiary/aromatic N) is 4. The molecule has 2 aromatic carbocycles. The van der Waals surface area contributed by atoms with Crippen LogP contribution in [-0.2, 0) is 6.54 Å². The first kappa shape index (κ1) is 23.0. The lowest BCUT2D eigenvalue weighted by atomic mass is 10.00. The fourth-order valence-electron chi connectivity index (χ4n) is 4.91. The molecule has 0 saturated heterocycles. The van der Waals surface area contributed by atoms with Gasteiger partial charge in [-0.3, -0.25) is 0 Å². The Hall–Kier alpha value is -3.80. The molecule has 3 heterocycles. The van der Waals surface area contributed by atoms with Crippen LogP contribution >= 0.6 is 0 Å². The molecule has 0 bridgehead atoms. The standard InChI is InChI=1S/C29H33N5O/c1-20(2)15-16-30-29(35)33-19-25-22(4)31-34(24-12-6-5-7-13-24)28(25)32-17-9-14-26(32)27(33)23-11-8-10-21(3)18-23/h5-14,17-18,20,27H,15-16,19H2,1-4H3,(H,30,35)/t27-/m1/s1. The Kier molecular flexibility index (Phi) is 6.20. The summed E-state index contributed by atoms with van der Waals surface area (Å²) >= 11 is 0. The second kappa shape index (κ2) is 9.45. The van der Waals surface area contributed by atoms with Crippen molar-refractivity contribution in [3.05, 3.63) is 101 Å². The molecule has 1 aliphatic heterocycles. The normalized spacial score (nSPS) is 15.0. The van der Waals surface area contributed by atoms with Crippen molar-refractivity contribution < 1.29 is 4.79 Å². The molecular weight excluding hydrogens is 434 g/mol. The number of carbonyl (C=O) groups is 1. The molecule has 2 amide bonds. The van der Waals surface area contributed by atoms with E-state index in [0.717, 1.165) is 40.4 Å². The number of para-hydroxylation sites is 1. The van der Waals surface area contributed by atoms with E-state index in [-0.39, 0.29) is 12.1 Å². The molecule has 5 rings (SSSR count). The topological polar surface area (TPSA) is 55.1 Å². The van der Waals surface area contributed by atoms with E-state index in [4.69, 9.17) is 5.10 Å². The van der Waals surface area contributed by atoms with E-state index in [1.165, 1.54) is 5.56 Å². The SMILES string of the molecule is Cc1cccc([C@@H]2c3cccn3-c3c(c(C)nn3-c3ccccc3)CN2C(=O)NCCC(C)C)c1. The summed E-state index contributed by atoms with van der Waals surface area (Å²) in [5, 5.41) is 8.10. The van der Waals surface area contributed by atoms with Crippen LogP contribution in [0.15, 0.2) is 72.9 Å². The fraction of sp³-hybridized carbons (Fsp3) is 0.310. The van der Waals surface area contributed by atoms with Crippen molar-refractivity contribution >= 4 is 6.03 Å². The summed E-state index contributed by atoms with van der Waals surface area (Å²) in [5.74, 6) is 1.52. The van der Waals surface area contributed by atoms with Gasteiger partial charge in [-0.05, 0) is 56.0 Å². The highest BCUT2D eigenvalue weighted by molar-refractivity contribution is 5.76. The minimum atomic E-state index is -0.222. The highest BCUT2D eigenvalue weighted by Gasteiger charge is 2.35. The van der Waals surface area contributed by atoms with Gasteiger partial charge in [0.25, 0.3) is 0 Å². The summed E-state index contributed by atoms with van der Waals surface area (Å²) in [6.45, 7) is 9.61. The second-order valence-electron chi connectivity index (χ2n) is 9.80. The van der Waals surface area contributed by atoms with Gasteiger partial charge in [0.1, 0.15) is 5.82 Å². The number of rotatable bonds is 5. The van der Waals surface area contributed by atoms with Crippen molar-refractivity contribution in [2.75, 3.05) is 6.54 Å². The monoisotopic (exact) mass is 467 g/mol. The quantitative estimate of drug-likeness (QED) is 0.395. The Morgan fingerprint density at radius 3 is 2.60 bits per heavy atom. The van der Waals surface area contributed by atoms with Crippen LogP contribution in [0.4, 0.5) is 4.79 Å². The zero-order valence-electron chi connectivity index (χ0n) is 20.9. The van der Waals surface area contributed by atoms with Crippen LogP contribution in [0, 0.1) is 19.8 Å². The minimum absolute atomic E-state index is 0.0513. The lowest BCUT2D eigenvalue weighted by Gasteiger charge is -2.31. The Morgan fingerprint density at radius 2 is 1.86 bits per heavy atom. The van der Waals surface area contributed by atoms with Gasteiger partial charge < -0.3 is 14.8 Å². The number of amides is 2.